The van der Waals surface area contributed by atoms with Crippen molar-refractivity contribution in [2.75, 3.05) is 13.1 Å². The first-order chi connectivity index (χ1) is 10.6. The Morgan fingerprint density at radius 1 is 1.39 bits per heavy atom. The largest absolute Gasteiger partial charge is 0.351 e. The van der Waals surface area contributed by atoms with E-state index in [1.165, 1.54) is 17.4 Å². The summed E-state index contributed by atoms with van der Waals surface area (Å²) in [6.07, 6.45) is 1.93. The Hall–Kier alpha value is -1.02. The maximum Gasteiger partial charge on any atom is 0.270 e. The molecule has 0 saturated carbocycles. The molecule has 0 aliphatic carbocycles. The Labute approximate surface area is 153 Å². The van der Waals surface area contributed by atoms with Crippen molar-refractivity contribution in [1.82, 2.24) is 10.3 Å². The molecule has 1 heterocycles. The van der Waals surface area contributed by atoms with Crippen LogP contribution < -0.4 is 11.1 Å². The van der Waals surface area contributed by atoms with Gasteiger partial charge in [0.05, 0.1) is 5.01 Å². The van der Waals surface area contributed by atoms with Crippen molar-refractivity contribution in [3.05, 3.63) is 50.1 Å². The third kappa shape index (κ3) is 6.18. The highest BCUT2D eigenvalue weighted by Gasteiger charge is 2.10. The van der Waals surface area contributed by atoms with Crippen molar-refractivity contribution >= 4 is 45.6 Å². The SMILES string of the molecule is Cl.NCCc1nc(C(=O)NCCCc2ccc(Br)cc2F)cs1. The van der Waals surface area contributed by atoms with Crippen molar-refractivity contribution in [3.63, 3.8) is 0 Å². The zero-order chi connectivity index (χ0) is 15.9. The molecule has 0 unspecified atom stereocenters. The zero-order valence-electron chi connectivity index (χ0n) is 12.4. The molecule has 4 nitrogen and oxygen atoms in total. The topological polar surface area (TPSA) is 68.0 Å². The van der Waals surface area contributed by atoms with E-state index in [9.17, 15) is 9.18 Å². The Morgan fingerprint density at radius 3 is 2.87 bits per heavy atom. The van der Waals surface area contributed by atoms with E-state index >= 15 is 0 Å². The van der Waals surface area contributed by atoms with E-state index in [0.717, 1.165) is 9.48 Å². The number of nitrogens with two attached hydrogens (primary N) is 1. The van der Waals surface area contributed by atoms with Crippen molar-refractivity contribution in [3.8, 4) is 0 Å². The Balaban J connectivity index is 0.00000264. The van der Waals surface area contributed by atoms with Crippen LogP contribution in [-0.2, 0) is 12.8 Å². The first-order valence-electron chi connectivity index (χ1n) is 6.96. The van der Waals surface area contributed by atoms with Gasteiger partial charge in [-0.25, -0.2) is 9.37 Å². The van der Waals surface area contributed by atoms with Gasteiger partial charge in [-0.05, 0) is 37.1 Å². The summed E-state index contributed by atoms with van der Waals surface area (Å²) in [6, 6.07) is 5.01. The number of rotatable bonds is 7. The monoisotopic (exact) mass is 421 g/mol. The maximum atomic E-state index is 13.6. The lowest BCUT2D eigenvalue weighted by Crippen LogP contribution is -2.25. The molecule has 8 heteroatoms. The fourth-order valence-corrected chi connectivity index (χ4v) is 3.08. The molecule has 3 N–H and O–H groups in total. The summed E-state index contributed by atoms with van der Waals surface area (Å²) < 4.78 is 14.4. The summed E-state index contributed by atoms with van der Waals surface area (Å²) in [5.41, 5.74) is 6.52. The van der Waals surface area contributed by atoms with E-state index in [4.69, 9.17) is 5.73 Å². The lowest BCUT2D eigenvalue weighted by Gasteiger charge is -2.05. The average Bonchev–Trinajstić information content (AvgIpc) is 2.94. The van der Waals surface area contributed by atoms with Gasteiger partial charge in [-0.2, -0.15) is 0 Å². The minimum Gasteiger partial charge on any atom is -0.351 e. The van der Waals surface area contributed by atoms with Crippen molar-refractivity contribution in [2.24, 2.45) is 5.73 Å². The quantitative estimate of drug-likeness (QED) is 0.673. The zero-order valence-corrected chi connectivity index (χ0v) is 15.6. The number of hydrogen-bond acceptors (Lipinski definition) is 4. The smallest absolute Gasteiger partial charge is 0.270 e. The van der Waals surface area contributed by atoms with Gasteiger partial charge in [0.1, 0.15) is 11.5 Å². The number of carbonyl (C=O) groups excluding carboxylic acids is 1. The summed E-state index contributed by atoms with van der Waals surface area (Å²) in [7, 11) is 0. The molecule has 0 atom stereocenters. The predicted molar refractivity (Wildman–Crippen MR) is 96.9 cm³/mol. The van der Waals surface area contributed by atoms with Crippen LogP contribution >= 0.6 is 39.7 Å². The van der Waals surface area contributed by atoms with Crippen LogP contribution in [0.3, 0.4) is 0 Å². The van der Waals surface area contributed by atoms with Gasteiger partial charge in [-0.1, -0.05) is 22.0 Å². The highest BCUT2D eigenvalue weighted by Crippen LogP contribution is 2.16. The van der Waals surface area contributed by atoms with Gasteiger partial charge in [-0.3, -0.25) is 4.79 Å². The number of halogens is 3. The Morgan fingerprint density at radius 2 is 2.17 bits per heavy atom. The molecule has 1 aromatic heterocycles. The van der Waals surface area contributed by atoms with E-state index in [1.807, 2.05) is 6.07 Å². The second-order valence-electron chi connectivity index (χ2n) is 4.76. The Bertz CT molecular complexity index is 653. The molecular weight excluding hydrogens is 405 g/mol. The van der Waals surface area contributed by atoms with Gasteiger partial charge in [0.15, 0.2) is 0 Å². The van der Waals surface area contributed by atoms with E-state index < -0.39 is 0 Å². The summed E-state index contributed by atoms with van der Waals surface area (Å²) in [5.74, 6) is -0.428. The van der Waals surface area contributed by atoms with Crippen molar-refractivity contribution in [1.29, 1.82) is 0 Å². The number of carbonyl (C=O) groups is 1. The standard InChI is InChI=1S/C15H17BrFN3OS.ClH/c16-11-4-3-10(12(17)8-11)2-1-7-19-15(21)13-9-22-14(20-13)5-6-18;/h3-4,8-9H,1-2,5-7,18H2,(H,19,21);1H. The molecule has 0 radical (unpaired) electrons. The number of thiazole rings is 1. The second-order valence-corrected chi connectivity index (χ2v) is 6.62. The number of aryl methyl sites for hydroxylation is 1. The number of nitrogens with one attached hydrogen (secondary N) is 1. The third-order valence-corrected chi connectivity index (χ3v) is 4.47. The molecule has 126 valence electrons. The first-order valence-corrected chi connectivity index (χ1v) is 8.64. The average molecular weight is 423 g/mol. The van der Waals surface area contributed by atoms with Crippen LogP contribution in [0.15, 0.2) is 28.1 Å². The molecule has 0 saturated heterocycles. The number of aromatic nitrogens is 1. The first kappa shape index (κ1) is 20.0. The van der Waals surface area contributed by atoms with E-state index in [0.29, 0.717) is 43.6 Å². The lowest BCUT2D eigenvalue weighted by atomic mass is 10.1. The fraction of sp³-hybridized carbons (Fsp3) is 0.333. The van der Waals surface area contributed by atoms with E-state index in [1.54, 1.807) is 11.4 Å². The summed E-state index contributed by atoms with van der Waals surface area (Å²) >= 11 is 4.66. The molecule has 2 rings (SSSR count). The molecule has 2 aromatic rings. The number of benzene rings is 1. The molecule has 0 aliphatic heterocycles. The van der Waals surface area contributed by atoms with Gasteiger partial charge in [-0.15, -0.1) is 23.7 Å². The molecule has 0 bridgehead atoms. The van der Waals surface area contributed by atoms with Crippen LogP contribution in [-0.4, -0.2) is 24.0 Å². The molecule has 0 aliphatic rings. The van der Waals surface area contributed by atoms with Crippen LogP contribution in [0.1, 0.15) is 27.5 Å². The van der Waals surface area contributed by atoms with Crippen molar-refractivity contribution in [2.45, 2.75) is 19.3 Å². The minimum absolute atomic E-state index is 0. The summed E-state index contributed by atoms with van der Waals surface area (Å²) in [4.78, 5) is 16.1. The summed E-state index contributed by atoms with van der Waals surface area (Å²) in [5, 5.41) is 5.39. The molecule has 0 spiro atoms. The molecule has 0 fully saturated rings. The fourth-order valence-electron chi connectivity index (χ4n) is 1.95. The number of amides is 1. The lowest BCUT2D eigenvalue weighted by molar-refractivity contribution is 0.0948. The van der Waals surface area contributed by atoms with Crippen LogP contribution in [0.2, 0.25) is 0 Å². The highest BCUT2D eigenvalue weighted by atomic mass is 79.9. The van der Waals surface area contributed by atoms with Gasteiger partial charge in [0.25, 0.3) is 5.91 Å². The third-order valence-electron chi connectivity index (χ3n) is 3.07. The number of hydrogen-bond donors (Lipinski definition) is 2. The second kappa shape index (κ2) is 9.97. The maximum absolute atomic E-state index is 13.6. The number of nitrogens with zero attached hydrogens (tertiary/aromatic N) is 1. The molecule has 23 heavy (non-hydrogen) atoms. The van der Waals surface area contributed by atoms with Gasteiger partial charge in [0.2, 0.25) is 0 Å². The Kier molecular flexibility index (Phi) is 8.68. The summed E-state index contributed by atoms with van der Waals surface area (Å²) in [6.45, 7) is 1.01. The van der Waals surface area contributed by atoms with Gasteiger partial charge in [0, 0.05) is 22.8 Å². The van der Waals surface area contributed by atoms with Crippen LogP contribution in [0.5, 0.6) is 0 Å². The van der Waals surface area contributed by atoms with Crippen LogP contribution in [0.25, 0.3) is 0 Å². The highest BCUT2D eigenvalue weighted by molar-refractivity contribution is 9.10. The predicted octanol–water partition coefficient (Wildman–Crippen LogP) is 3.33. The van der Waals surface area contributed by atoms with E-state index in [-0.39, 0.29) is 24.1 Å². The normalized spacial score (nSPS) is 10.2. The van der Waals surface area contributed by atoms with Gasteiger partial charge >= 0.3 is 0 Å². The molecule has 1 aromatic carbocycles. The molecular formula is C15H18BrClFN3OS. The van der Waals surface area contributed by atoms with E-state index in [2.05, 4.69) is 26.2 Å². The van der Waals surface area contributed by atoms with Gasteiger partial charge < -0.3 is 11.1 Å². The van der Waals surface area contributed by atoms with Crippen molar-refractivity contribution < 1.29 is 9.18 Å². The van der Waals surface area contributed by atoms with Crippen LogP contribution in [0.4, 0.5) is 4.39 Å². The molecule has 1 amide bonds. The minimum atomic E-state index is -0.230. The van der Waals surface area contributed by atoms with Crippen LogP contribution in [0, 0.1) is 5.82 Å².